The van der Waals surface area contributed by atoms with Crippen LogP contribution in [0.1, 0.15) is 30.9 Å². The number of hydrogen-bond donors (Lipinski definition) is 2. The van der Waals surface area contributed by atoms with Crippen molar-refractivity contribution in [2.24, 2.45) is 5.84 Å². The molecule has 0 unspecified atom stereocenters. The Kier molecular flexibility index (Phi) is 3.19. The molecule has 0 aliphatic rings. The van der Waals surface area contributed by atoms with Gasteiger partial charge < -0.3 is 5.43 Å². The minimum atomic E-state index is 0.740. The highest BCUT2D eigenvalue weighted by atomic mass is 15.3. The SMILES string of the molecule is CCc1nc(CC)c(C)c(NN)n1. The van der Waals surface area contributed by atoms with Gasteiger partial charge in [0.2, 0.25) is 0 Å². The van der Waals surface area contributed by atoms with Gasteiger partial charge in [0, 0.05) is 17.7 Å². The molecule has 0 atom stereocenters. The highest BCUT2D eigenvalue weighted by Crippen LogP contribution is 2.14. The lowest BCUT2D eigenvalue weighted by Crippen LogP contribution is -2.14. The van der Waals surface area contributed by atoms with E-state index in [-0.39, 0.29) is 0 Å². The molecule has 1 heterocycles. The van der Waals surface area contributed by atoms with Crippen LogP contribution in [-0.2, 0) is 12.8 Å². The number of hydrazine groups is 1. The molecule has 4 nitrogen and oxygen atoms in total. The number of nitrogens with two attached hydrogens (primary N) is 1. The Hall–Kier alpha value is -1.16. The third-order valence-electron chi connectivity index (χ3n) is 2.08. The lowest BCUT2D eigenvalue weighted by atomic mass is 10.2. The van der Waals surface area contributed by atoms with Crippen molar-refractivity contribution in [3.63, 3.8) is 0 Å². The van der Waals surface area contributed by atoms with Gasteiger partial charge in [-0.3, -0.25) is 0 Å². The van der Waals surface area contributed by atoms with Crippen LogP contribution in [0.15, 0.2) is 0 Å². The summed E-state index contributed by atoms with van der Waals surface area (Å²) in [5.74, 6) is 6.94. The Morgan fingerprint density at radius 1 is 1.23 bits per heavy atom. The molecular formula is C9H16N4. The van der Waals surface area contributed by atoms with Gasteiger partial charge in [-0.2, -0.15) is 0 Å². The van der Waals surface area contributed by atoms with E-state index in [1.165, 1.54) is 0 Å². The molecule has 0 saturated carbocycles. The first kappa shape index (κ1) is 9.92. The number of hydrogen-bond acceptors (Lipinski definition) is 4. The third kappa shape index (κ3) is 1.95. The van der Waals surface area contributed by atoms with Gasteiger partial charge in [-0.1, -0.05) is 13.8 Å². The molecule has 3 N–H and O–H groups in total. The second kappa shape index (κ2) is 4.18. The lowest BCUT2D eigenvalue weighted by Gasteiger charge is -2.09. The van der Waals surface area contributed by atoms with Crippen molar-refractivity contribution < 1.29 is 0 Å². The Balaban J connectivity index is 3.20. The molecule has 72 valence electrons. The van der Waals surface area contributed by atoms with Gasteiger partial charge >= 0.3 is 0 Å². The molecule has 0 aliphatic carbocycles. The largest absolute Gasteiger partial charge is 0.308 e. The van der Waals surface area contributed by atoms with Gasteiger partial charge in [0.25, 0.3) is 0 Å². The van der Waals surface area contributed by atoms with Crippen molar-refractivity contribution in [3.05, 3.63) is 17.1 Å². The van der Waals surface area contributed by atoms with Crippen LogP contribution in [0.25, 0.3) is 0 Å². The standard InChI is InChI=1S/C9H16N4/c1-4-7-6(3)9(13-10)12-8(5-2)11-7/h4-5,10H2,1-3H3,(H,11,12,13). The van der Waals surface area contributed by atoms with Gasteiger partial charge in [0.1, 0.15) is 11.6 Å². The number of aromatic nitrogens is 2. The van der Waals surface area contributed by atoms with E-state index in [0.717, 1.165) is 35.7 Å². The molecule has 1 rings (SSSR count). The van der Waals surface area contributed by atoms with Crippen molar-refractivity contribution in [2.45, 2.75) is 33.6 Å². The van der Waals surface area contributed by atoms with Crippen molar-refractivity contribution >= 4 is 5.82 Å². The van der Waals surface area contributed by atoms with Crippen molar-refractivity contribution in [1.29, 1.82) is 0 Å². The third-order valence-corrected chi connectivity index (χ3v) is 2.08. The van der Waals surface area contributed by atoms with Crippen molar-refractivity contribution in [1.82, 2.24) is 9.97 Å². The van der Waals surface area contributed by atoms with Crippen LogP contribution in [0.5, 0.6) is 0 Å². The number of nitrogen functional groups attached to an aromatic ring is 1. The molecule has 13 heavy (non-hydrogen) atoms. The summed E-state index contributed by atoms with van der Waals surface area (Å²) in [5, 5.41) is 0. The van der Waals surface area contributed by atoms with E-state index in [1.807, 2.05) is 13.8 Å². The molecule has 0 aromatic carbocycles. The van der Waals surface area contributed by atoms with Crippen LogP contribution in [0.4, 0.5) is 5.82 Å². The predicted octanol–water partition coefficient (Wildman–Crippen LogP) is 1.20. The highest BCUT2D eigenvalue weighted by molar-refractivity contribution is 5.44. The van der Waals surface area contributed by atoms with Crippen molar-refractivity contribution in [2.75, 3.05) is 5.43 Å². The summed E-state index contributed by atoms with van der Waals surface area (Å²) in [7, 11) is 0. The zero-order valence-corrected chi connectivity index (χ0v) is 8.39. The first-order chi connectivity index (χ1) is 6.22. The Morgan fingerprint density at radius 3 is 2.38 bits per heavy atom. The van der Waals surface area contributed by atoms with E-state index in [9.17, 15) is 0 Å². The second-order valence-corrected chi connectivity index (χ2v) is 2.91. The first-order valence-electron chi connectivity index (χ1n) is 4.55. The monoisotopic (exact) mass is 180 g/mol. The predicted molar refractivity (Wildman–Crippen MR) is 53.3 cm³/mol. The van der Waals surface area contributed by atoms with E-state index in [2.05, 4.69) is 22.3 Å². The zero-order valence-electron chi connectivity index (χ0n) is 8.39. The molecular weight excluding hydrogens is 164 g/mol. The summed E-state index contributed by atoms with van der Waals surface area (Å²) in [6.07, 6.45) is 1.75. The van der Waals surface area contributed by atoms with Crippen LogP contribution in [0.3, 0.4) is 0 Å². The van der Waals surface area contributed by atoms with E-state index in [1.54, 1.807) is 0 Å². The molecule has 0 spiro atoms. The maximum Gasteiger partial charge on any atom is 0.146 e. The highest BCUT2D eigenvalue weighted by Gasteiger charge is 2.06. The Labute approximate surface area is 78.6 Å². The lowest BCUT2D eigenvalue weighted by molar-refractivity contribution is 0.873. The number of nitrogens with zero attached hydrogens (tertiary/aromatic N) is 2. The van der Waals surface area contributed by atoms with Crippen LogP contribution in [0, 0.1) is 6.92 Å². The average molecular weight is 180 g/mol. The molecule has 1 aromatic heterocycles. The van der Waals surface area contributed by atoms with Gasteiger partial charge in [0.15, 0.2) is 0 Å². The summed E-state index contributed by atoms with van der Waals surface area (Å²) in [4.78, 5) is 8.68. The van der Waals surface area contributed by atoms with Crippen LogP contribution >= 0.6 is 0 Å². The number of aryl methyl sites for hydroxylation is 2. The first-order valence-corrected chi connectivity index (χ1v) is 4.55. The van der Waals surface area contributed by atoms with E-state index in [4.69, 9.17) is 5.84 Å². The van der Waals surface area contributed by atoms with Crippen LogP contribution in [0.2, 0.25) is 0 Å². The van der Waals surface area contributed by atoms with Gasteiger partial charge in [-0.25, -0.2) is 15.8 Å². The molecule has 4 heteroatoms. The second-order valence-electron chi connectivity index (χ2n) is 2.91. The maximum absolute atomic E-state index is 5.36. The Morgan fingerprint density at radius 2 is 1.92 bits per heavy atom. The summed E-state index contributed by atoms with van der Waals surface area (Å²) in [6.45, 7) is 6.09. The van der Waals surface area contributed by atoms with E-state index < -0.39 is 0 Å². The topological polar surface area (TPSA) is 63.8 Å². The van der Waals surface area contributed by atoms with Gasteiger partial charge in [-0.05, 0) is 13.3 Å². The number of anilines is 1. The molecule has 0 bridgehead atoms. The Bertz CT molecular complexity index is 271. The number of nitrogens with one attached hydrogen (secondary N) is 1. The van der Waals surface area contributed by atoms with Gasteiger partial charge in [0.05, 0.1) is 0 Å². The summed E-state index contributed by atoms with van der Waals surface area (Å²) in [6, 6.07) is 0. The number of rotatable bonds is 3. The summed E-state index contributed by atoms with van der Waals surface area (Å²) >= 11 is 0. The fourth-order valence-corrected chi connectivity index (χ4v) is 1.26. The van der Waals surface area contributed by atoms with Crippen LogP contribution in [-0.4, -0.2) is 9.97 Å². The van der Waals surface area contributed by atoms with E-state index >= 15 is 0 Å². The molecule has 0 fully saturated rings. The summed E-state index contributed by atoms with van der Waals surface area (Å²) < 4.78 is 0. The molecule has 0 saturated heterocycles. The molecule has 0 amide bonds. The minimum Gasteiger partial charge on any atom is -0.308 e. The van der Waals surface area contributed by atoms with E-state index in [0.29, 0.717) is 0 Å². The quantitative estimate of drug-likeness (QED) is 0.542. The average Bonchev–Trinajstić information content (AvgIpc) is 2.18. The molecule has 0 aliphatic heterocycles. The maximum atomic E-state index is 5.36. The fourth-order valence-electron chi connectivity index (χ4n) is 1.26. The van der Waals surface area contributed by atoms with Crippen molar-refractivity contribution in [3.8, 4) is 0 Å². The fraction of sp³-hybridized carbons (Fsp3) is 0.556. The van der Waals surface area contributed by atoms with Crippen LogP contribution < -0.4 is 11.3 Å². The van der Waals surface area contributed by atoms with Gasteiger partial charge in [-0.15, -0.1) is 0 Å². The molecule has 1 aromatic rings. The smallest absolute Gasteiger partial charge is 0.146 e. The zero-order chi connectivity index (χ0) is 9.84. The normalized spacial score (nSPS) is 10.2. The minimum absolute atomic E-state index is 0.740. The summed E-state index contributed by atoms with van der Waals surface area (Å²) in [5.41, 5.74) is 4.71. The molecule has 0 radical (unpaired) electrons.